The first-order valence-electron chi connectivity index (χ1n) is 7.68. The predicted octanol–water partition coefficient (Wildman–Crippen LogP) is 1.55. The summed E-state index contributed by atoms with van der Waals surface area (Å²) in [5.41, 5.74) is 1.67. The van der Waals surface area contributed by atoms with E-state index in [4.69, 9.17) is 4.74 Å². The number of benzene rings is 1. The normalized spacial score (nSPS) is 17.0. The van der Waals surface area contributed by atoms with Crippen molar-refractivity contribution in [2.45, 2.75) is 32.1 Å². The van der Waals surface area contributed by atoms with E-state index in [1.54, 1.807) is 11.0 Å². The second kappa shape index (κ2) is 6.88. The molecule has 1 saturated heterocycles. The SMILES string of the molecule is COc1c(C)cc(C)cc1S(=O)(=O)N1CCCN(C(C)=O)CC1. The zero-order valence-corrected chi connectivity index (χ0v) is 14.9. The van der Waals surface area contributed by atoms with Crippen molar-refractivity contribution in [2.75, 3.05) is 33.3 Å². The number of methoxy groups -OCH3 is 1. The van der Waals surface area contributed by atoms with Gasteiger partial charge in [0.25, 0.3) is 0 Å². The minimum Gasteiger partial charge on any atom is -0.495 e. The fourth-order valence-corrected chi connectivity index (χ4v) is 4.74. The van der Waals surface area contributed by atoms with E-state index in [2.05, 4.69) is 0 Å². The largest absolute Gasteiger partial charge is 0.495 e. The molecule has 0 aromatic heterocycles. The van der Waals surface area contributed by atoms with E-state index >= 15 is 0 Å². The Hall–Kier alpha value is -1.60. The third-order valence-corrected chi connectivity index (χ3v) is 6.01. The molecule has 128 valence electrons. The molecule has 2 rings (SSSR count). The van der Waals surface area contributed by atoms with Gasteiger partial charge in [0.15, 0.2) is 0 Å². The van der Waals surface area contributed by atoms with E-state index in [1.807, 2.05) is 19.9 Å². The smallest absolute Gasteiger partial charge is 0.246 e. The van der Waals surface area contributed by atoms with Crippen LogP contribution in [0.2, 0.25) is 0 Å². The molecule has 1 aromatic rings. The number of nitrogens with zero attached hydrogens (tertiary/aromatic N) is 2. The molecule has 23 heavy (non-hydrogen) atoms. The zero-order valence-electron chi connectivity index (χ0n) is 14.1. The van der Waals surface area contributed by atoms with Gasteiger partial charge in [-0.05, 0) is 37.5 Å². The van der Waals surface area contributed by atoms with Crippen LogP contribution in [0.5, 0.6) is 5.75 Å². The van der Waals surface area contributed by atoms with Crippen LogP contribution in [0.3, 0.4) is 0 Å². The van der Waals surface area contributed by atoms with Crippen LogP contribution < -0.4 is 4.74 Å². The number of rotatable bonds is 3. The van der Waals surface area contributed by atoms with Crippen molar-refractivity contribution in [1.82, 2.24) is 9.21 Å². The number of hydrogen-bond donors (Lipinski definition) is 0. The number of sulfonamides is 1. The van der Waals surface area contributed by atoms with Crippen LogP contribution in [0.25, 0.3) is 0 Å². The van der Waals surface area contributed by atoms with Gasteiger partial charge < -0.3 is 9.64 Å². The van der Waals surface area contributed by atoms with Gasteiger partial charge in [0, 0.05) is 33.1 Å². The van der Waals surface area contributed by atoms with Gasteiger partial charge in [-0.25, -0.2) is 8.42 Å². The first-order chi connectivity index (χ1) is 10.8. The zero-order chi connectivity index (χ0) is 17.2. The molecule has 1 heterocycles. The van der Waals surface area contributed by atoms with Gasteiger partial charge in [-0.15, -0.1) is 0 Å². The maximum absolute atomic E-state index is 13.0. The van der Waals surface area contributed by atoms with Crippen molar-refractivity contribution >= 4 is 15.9 Å². The van der Waals surface area contributed by atoms with E-state index < -0.39 is 10.0 Å². The number of aryl methyl sites for hydroxylation is 2. The van der Waals surface area contributed by atoms with Crippen molar-refractivity contribution in [3.8, 4) is 5.75 Å². The molecule has 1 amide bonds. The van der Waals surface area contributed by atoms with Crippen LogP contribution >= 0.6 is 0 Å². The van der Waals surface area contributed by atoms with E-state index in [1.165, 1.54) is 18.3 Å². The van der Waals surface area contributed by atoms with Gasteiger partial charge >= 0.3 is 0 Å². The fraction of sp³-hybridized carbons (Fsp3) is 0.562. The van der Waals surface area contributed by atoms with Gasteiger partial charge in [0.2, 0.25) is 15.9 Å². The summed E-state index contributed by atoms with van der Waals surface area (Å²) in [4.78, 5) is 13.4. The van der Waals surface area contributed by atoms with Crippen molar-refractivity contribution in [1.29, 1.82) is 0 Å². The molecule has 0 spiro atoms. The van der Waals surface area contributed by atoms with Crippen LogP contribution in [0.15, 0.2) is 17.0 Å². The van der Waals surface area contributed by atoms with E-state index in [0.717, 1.165) is 11.1 Å². The highest BCUT2D eigenvalue weighted by Gasteiger charge is 2.30. The Morgan fingerprint density at radius 1 is 1.13 bits per heavy atom. The van der Waals surface area contributed by atoms with Crippen LogP contribution in [-0.4, -0.2) is 56.8 Å². The molecular weight excluding hydrogens is 316 g/mol. The van der Waals surface area contributed by atoms with Crippen LogP contribution in [0, 0.1) is 13.8 Å². The molecule has 7 heteroatoms. The molecule has 1 aromatic carbocycles. The number of hydrogen-bond acceptors (Lipinski definition) is 4. The summed E-state index contributed by atoms with van der Waals surface area (Å²) in [7, 11) is -2.17. The van der Waals surface area contributed by atoms with Crippen LogP contribution in [-0.2, 0) is 14.8 Å². The van der Waals surface area contributed by atoms with Gasteiger partial charge in [-0.3, -0.25) is 4.79 Å². The molecule has 6 nitrogen and oxygen atoms in total. The Morgan fingerprint density at radius 3 is 2.43 bits per heavy atom. The predicted molar refractivity (Wildman–Crippen MR) is 88.1 cm³/mol. The highest BCUT2D eigenvalue weighted by Crippen LogP contribution is 2.31. The summed E-state index contributed by atoms with van der Waals surface area (Å²) in [6.45, 7) is 6.93. The van der Waals surface area contributed by atoms with E-state index in [0.29, 0.717) is 38.3 Å². The summed E-state index contributed by atoms with van der Waals surface area (Å²) < 4.78 is 32.9. The Kier molecular flexibility index (Phi) is 5.31. The molecule has 0 N–H and O–H groups in total. The number of amides is 1. The molecule has 0 aliphatic carbocycles. The molecule has 1 aliphatic heterocycles. The minimum absolute atomic E-state index is 0.0202. The van der Waals surface area contributed by atoms with Crippen LogP contribution in [0.1, 0.15) is 24.5 Å². The lowest BCUT2D eigenvalue weighted by Crippen LogP contribution is -2.36. The number of carbonyl (C=O) groups excluding carboxylic acids is 1. The van der Waals surface area contributed by atoms with Crippen molar-refractivity contribution < 1.29 is 17.9 Å². The molecular formula is C16H24N2O4S. The van der Waals surface area contributed by atoms with Crippen molar-refractivity contribution in [3.63, 3.8) is 0 Å². The Labute approximate surface area is 138 Å². The second-order valence-corrected chi connectivity index (χ2v) is 7.78. The fourth-order valence-electron chi connectivity index (χ4n) is 2.96. The van der Waals surface area contributed by atoms with Gasteiger partial charge in [-0.1, -0.05) is 6.07 Å². The molecule has 1 aliphatic rings. The molecule has 0 atom stereocenters. The van der Waals surface area contributed by atoms with Gasteiger partial charge in [-0.2, -0.15) is 4.31 Å². The summed E-state index contributed by atoms with van der Waals surface area (Å²) in [5.74, 6) is 0.372. The first-order valence-corrected chi connectivity index (χ1v) is 9.12. The quantitative estimate of drug-likeness (QED) is 0.837. The Bertz CT molecular complexity index is 700. The summed E-state index contributed by atoms with van der Waals surface area (Å²) in [6.07, 6.45) is 0.631. The monoisotopic (exact) mass is 340 g/mol. The number of carbonyl (C=O) groups is 1. The minimum atomic E-state index is -3.65. The maximum atomic E-state index is 13.0. The summed E-state index contributed by atoms with van der Waals surface area (Å²) >= 11 is 0. The molecule has 0 saturated carbocycles. The molecule has 0 unspecified atom stereocenters. The Morgan fingerprint density at radius 2 is 1.83 bits per heavy atom. The van der Waals surface area contributed by atoms with E-state index in [9.17, 15) is 13.2 Å². The molecule has 0 bridgehead atoms. The van der Waals surface area contributed by atoms with Crippen molar-refractivity contribution in [3.05, 3.63) is 23.3 Å². The van der Waals surface area contributed by atoms with Crippen LogP contribution in [0.4, 0.5) is 0 Å². The standard InChI is InChI=1S/C16H24N2O4S/c1-12-10-13(2)16(22-4)15(11-12)23(20,21)18-7-5-6-17(8-9-18)14(3)19/h10-11H,5-9H2,1-4H3. The summed E-state index contributed by atoms with van der Waals surface area (Å²) in [6, 6.07) is 3.55. The average Bonchev–Trinajstić information content (AvgIpc) is 2.73. The highest BCUT2D eigenvalue weighted by atomic mass is 32.2. The van der Waals surface area contributed by atoms with Crippen molar-refractivity contribution in [2.24, 2.45) is 0 Å². The first kappa shape index (κ1) is 17.7. The lowest BCUT2D eigenvalue weighted by Gasteiger charge is -2.23. The average molecular weight is 340 g/mol. The topological polar surface area (TPSA) is 66.9 Å². The lowest BCUT2D eigenvalue weighted by atomic mass is 10.1. The lowest BCUT2D eigenvalue weighted by molar-refractivity contribution is -0.128. The third-order valence-electron chi connectivity index (χ3n) is 4.11. The molecule has 0 radical (unpaired) electrons. The number of ether oxygens (including phenoxy) is 1. The molecule has 1 fully saturated rings. The highest BCUT2D eigenvalue weighted by molar-refractivity contribution is 7.89. The maximum Gasteiger partial charge on any atom is 0.246 e. The van der Waals surface area contributed by atoms with E-state index in [-0.39, 0.29) is 10.8 Å². The summed E-state index contributed by atoms with van der Waals surface area (Å²) in [5, 5.41) is 0. The second-order valence-electron chi connectivity index (χ2n) is 5.88. The van der Waals surface area contributed by atoms with Gasteiger partial charge in [0.05, 0.1) is 7.11 Å². The van der Waals surface area contributed by atoms with Gasteiger partial charge in [0.1, 0.15) is 10.6 Å². The Balaban J connectivity index is 2.37. The third kappa shape index (κ3) is 3.67.